The summed E-state index contributed by atoms with van der Waals surface area (Å²) in [7, 11) is 3.53. The van der Waals surface area contributed by atoms with Crippen LogP contribution >= 0.6 is 0 Å². The van der Waals surface area contributed by atoms with Crippen LogP contribution in [-0.4, -0.2) is 43.3 Å². The second kappa shape index (κ2) is 5.92. The second-order valence-electron chi connectivity index (χ2n) is 3.27. The van der Waals surface area contributed by atoms with Crippen LogP contribution in [-0.2, 0) is 4.74 Å². The van der Waals surface area contributed by atoms with Crippen LogP contribution in [0.25, 0.3) is 0 Å². The molecule has 88 valence electrons. The van der Waals surface area contributed by atoms with Gasteiger partial charge in [-0.2, -0.15) is 0 Å². The SMILES string of the molecule is COCCN(C)c1cccnc1/C(N)=N/O. The summed E-state index contributed by atoms with van der Waals surface area (Å²) in [5.41, 5.74) is 6.80. The van der Waals surface area contributed by atoms with Crippen molar-refractivity contribution in [2.24, 2.45) is 10.9 Å². The number of hydrogen-bond acceptors (Lipinski definition) is 5. The van der Waals surface area contributed by atoms with Crippen molar-refractivity contribution in [1.29, 1.82) is 0 Å². The monoisotopic (exact) mass is 224 g/mol. The quantitative estimate of drug-likeness (QED) is 0.324. The maximum atomic E-state index is 8.65. The van der Waals surface area contributed by atoms with Gasteiger partial charge < -0.3 is 20.6 Å². The first kappa shape index (κ1) is 12.3. The highest BCUT2D eigenvalue weighted by molar-refractivity contribution is 6.00. The number of nitrogens with two attached hydrogens (primary N) is 1. The number of likely N-dealkylation sites (N-methyl/N-ethyl adjacent to an activating group) is 1. The zero-order chi connectivity index (χ0) is 12.0. The third kappa shape index (κ3) is 2.83. The van der Waals surface area contributed by atoms with E-state index in [2.05, 4.69) is 10.1 Å². The molecule has 0 aromatic carbocycles. The molecule has 0 bridgehead atoms. The average molecular weight is 224 g/mol. The Labute approximate surface area is 94.3 Å². The number of amidine groups is 1. The minimum absolute atomic E-state index is 0.000123. The number of ether oxygens (including phenoxy) is 1. The molecule has 16 heavy (non-hydrogen) atoms. The summed E-state index contributed by atoms with van der Waals surface area (Å²) >= 11 is 0. The fourth-order valence-corrected chi connectivity index (χ4v) is 1.30. The van der Waals surface area contributed by atoms with Crippen molar-refractivity contribution >= 4 is 11.5 Å². The molecular formula is C10H16N4O2. The van der Waals surface area contributed by atoms with Gasteiger partial charge in [-0.15, -0.1) is 0 Å². The lowest BCUT2D eigenvalue weighted by atomic mass is 10.2. The number of nitrogens with zero attached hydrogens (tertiary/aromatic N) is 3. The highest BCUT2D eigenvalue weighted by atomic mass is 16.5. The standard InChI is InChI=1S/C10H16N4O2/c1-14(6-7-16-2)8-4-3-5-12-9(8)10(11)13-15/h3-5,15H,6-7H2,1-2H3,(H2,11,13). The molecule has 6 heteroatoms. The molecular weight excluding hydrogens is 208 g/mol. The van der Waals surface area contributed by atoms with E-state index in [4.69, 9.17) is 15.7 Å². The lowest BCUT2D eigenvalue weighted by Crippen LogP contribution is -2.26. The maximum absolute atomic E-state index is 8.65. The Morgan fingerprint density at radius 1 is 1.69 bits per heavy atom. The molecule has 1 aromatic rings. The zero-order valence-electron chi connectivity index (χ0n) is 9.42. The predicted octanol–water partition coefficient (Wildman–Crippen LogP) is 0.259. The van der Waals surface area contributed by atoms with E-state index in [1.807, 2.05) is 18.0 Å². The van der Waals surface area contributed by atoms with Crippen molar-refractivity contribution in [3.63, 3.8) is 0 Å². The maximum Gasteiger partial charge on any atom is 0.190 e. The van der Waals surface area contributed by atoms with E-state index in [-0.39, 0.29) is 5.84 Å². The van der Waals surface area contributed by atoms with Gasteiger partial charge in [0.15, 0.2) is 5.84 Å². The summed E-state index contributed by atoms with van der Waals surface area (Å²) in [5.74, 6) is -0.000123. The Kier molecular flexibility index (Phi) is 4.53. The van der Waals surface area contributed by atoms with E-state index in [0.29, 0.717) is 18.8 Å². The van der Waals surface area contributed by atoms with Gasteiger partial charge in [0.1, 0.15) is 5.69 Å². The van der Waals surface area contributed by atoms with Crippen LogP contribution in [0, 0.1) is 0 Å². The number of hydrogen-bond donors (Lipinski definition) is 2. The minimum Gasteiger partial charge on any atom is -0.409 e. The molecule has 0 atom stereocenters. The van der Waals surface area contributed by atoms with Crippen molar-refractivity contribution in [1.82, 2.24) is 4.98 Å². The van der Waals surface area contributed by atoms with E-state index < -0.39 is 0 Å². The third-order valence-electron chi connectivity index (χ3n) is 2.18. The van der Waals surface area contributed by atoms with Crippen LogP contribution in [0.15, 0.2) is 23.5 Å². The van der Waals surface area contributed by atoms with Crippen molar-refractivity contribution in [3.8, 4) is 0 Å². The molecule has 0 unspecified atom stereocenters. The highest BCUT2D eigenvalue weighted by Crippen LogP contribution is 2.16. The van der Waals surface area contributed by atoms with Crippen molar-refractivity contribution in [2.75, 3.05) is 32.2 Å². The summed E-state index contributed by atoms with van der Waals surface area (Å²) < 4.78 is 4.99. The molecule has 0 fully saturated rings. The van der Waals surface area contributed by atoms with Gasteiger partial charge in [-0.1, -0.05) is 5.16 Å². The first-order valence-electron chi connectivity index (χ1n) is 4.83. The number of pyridine rings is 1. The first-order valence-corrected chi connectivity index (χ1v) is 4.83. The molecule has 0 saturated heterocycles. The first-order chi connectivity index (χ1) is 7.70. The molecule has 0 spiro atoms. The normalized spacial score (nSPS) is 11.5. The molecule has 0 aliphatic carbocycles. The molecule has 0 saturated carbocycles. The van der Waals surface area contributed by atoms with Gasteiger partial charge in [-0.05, 0) is 12.1 Å². The van der Waals surface area contributed by atoms with Crippen LogP contribution in [0.4, 0.5) is 5.69 Å². The van der Waals surface area contributed by atoms with E-state index in [9.17, 15) is 0 Å². The third-order valence-corrected chi connectivity index (χ3v) is 2.18. The summed E-state index contributed by atoms with van der Waals surface area (Å²) in [6.07, 6.45) is 1.60. The fraction of sp³-hybridized carbons (Fsp3) is 0.400. The number of anilines is 1. The Morgan fingerprint density at radius 2 is 2.44 bits per heavy atom. The smallest absolute Gasteiger partial charge is 0.190 e. The molecule has 3 N–H and O–H groups in total. The van der Waals surface area contributed by atoms with Crippen LogP contribution in [0.1, 0.15) is 5.69 Å². The summed E-state index contributed by atoms with van der Waals surface area (Å²) in [6, 6.07) is 3.66. The largest absolute Gasteiger partial charge is 0.409 e. The highest BCUT2D eigenvalue weighted by Gasteiger charge is 2.11. The topological polar surface area (TPSA) is 84.0 Å². The Morgan fingerprint density at radius 3 is 3.06 bits per heavy atom. The fourth-order valence-electron chi connectivity index (χ4n) is 1.30. The number of aromatic nitrogens is 1. The van der Waals surface area contributed by atoms with Gasteiger partial charge in [-0.25, -0.2) is 0 Å². The lowest BCUT2D eigenvalue weighted by Gasteiger charge is -2.20. The van der Waals surface area contributed by atoms with E-state index in [0.717, 1.165) is 5.69 Å². The van der Waals surface area contributed by atoms with Crippen LogP contribution < -0.4 is 10.6 Å². The average Bonchev–Trinajstić information content (AvgIpc) is 2.35. The number of oxime groups is 1. The second-order valence-corrected chi connectivity index (χ2v) is 3.27. The van der Waals surface area contributed by atoms with Gasteiger partial charge in [0.05, 0.1) is 12.3 Å². The van der Waals surface area contributed by atoms with Gasteiger partial charge >= 0.3 is 0 Å². The number of methoxy groups -OCH3 is 1. The lowest BCUT2D eigenvalue weighted by molar-refractivity contribution is 0.206. The van der Waals surface area contributed by atoms with Crippen LogP contribution in [0.5, 0.6) is 0 Å². The predicted molar refractivity (Wildman–Crippen MR) is 61.9 cm³/mol. The summed E-state index contributed by atoms with van der Waals surface area (Å²) in [6.45, 7) is 1.30. The Hall–Kier alpha value is -1.82. The molecule has 6 nitrogen and oxygen atoms in total. The Balaban J connectivity index is 2.94. The van der Waals surface area contributed by atoms with E-state index >= 15 is 0 Å². The minimum atomic E-state index is -0.000123. The van der Waals surface area contributed by atoms with Gasteiger partial charge in [-0.3, -0.25) is 4.98 Å². The molecule has 1 heterocycles. The van der Waals surface area contributed by atoms with Crippen LogP contribution in [0.3, 0.4) is 0 Å². The van der Waals surface area contributed by atoms with Gasteiger partial charge in [0.25, 0.3) is 0 Å². The van der Waals surface area contributed by atoms with Crippen LogP contribution in [0.2, 0.25) is 0 Å². The molecule has 0 aliphatic heterocycles. The van der Waals surface area contributed by atoms with Crippen molar-refractivity contribution in [2.45, 2.75) is 0 Å². The molecule has 1 aromatic heterocycles. The van der Waals surface area contributed by atoms with E-state index in [1.54, 1.807) is 19.4 Å². The summed E-state index contributed by atoms with van der Waals surface area (Å²) in [5, 5.41) is 11.6. The van der Waals surface area contributed by atoms with Gasteiger partial charge in [0.2, 0.25) is 0 Å². The zero-order valence-corrected chi connectivity index (χ0v) is 9.42. The van der Waals surface area contributed by atoms with Crippen molar-refractivity contribution < 1.29 is 9.94 Å². The van der Waals surface area contributed by atoms with E-state index in [1.165, 1.54) is 0 Å². The number of rotatable bonds is 5. The van der Waals surface area contributed by atoms with Gasteiger partial charge in [0, 0.05) is 26.9 Å². The molecule has 0 radical (unpaired) electrons. The Bertz CT molecular complexity index is 368. The molecule has 0 amide bonds. The molecule has 0 aliphatic rings. The van der Waals surface area contributed by atoms with Crippen molar-refractivity contribution in [3.05, 3.63) is 24.0 Å². The molecule has 1 rings (SSSR count). The summed E-state index contributed by atoms with van der Waals surface area (Å²) in [4.78, 5) is 6.01.